The summed E-state index contributed by atoms with van der Waals surface area (Å²) >= 11 is 0. The van der Waals surface area contributed by atoms with E-state index in [1.54, 1.807) is 12.3 Å². The van der Waals surface area contributed by atoms with Crippen molar-refractivity contribution in [3.05, 3.63) is 41.0 Å². The molecule has 1 aliphatic carbocycles. The van der Waals surface area contributed by atoms with Gasteiger partial charge in [-0.05, 0) is 38.3 Å². The molecule has 0 aliphatic heterocycles. The lowest BCUT2D eigenvalue weighted by atomic mass is 10.2. The Kier molecular flexibility index (Phi) is 2.59. The second-order valence-corrected chi connectivity index (χ2v) is 4.52. The zero-order valence-electron chi connectivity index (χ0n) is 10.2. The van der Waals surface area contributed by atoms with Gasteiger partial charge in [0.15, 0.2) is 5.69 Å². The van der Waals surface area contributed by atoms with E-state index in [9.17, 15) is 4.79 Å². The molecule has 2 aromatic heterocycles. The predicted molar refractivity (Wildman–Crippen MR) is 67.5 cm³/mol. The van der Waals surface area contributed by atoms with Crippen molar-refractivity contribution in [2.45, 2.75) is 26.2 Å². The number of carbonyl (C=O) groups is 1. The number of hydrogen-bond donors (Lipinski definition) is 2. The molecule has 18 heavy (non-hydrogen) atoms. The number of nitrogens with zero attached hydrogens (tertiary/aromatic N) is 2. The molecule has 5 nitrogen and oxygen atoms in total. The minimum atomic E-state index is -0.153. The molecule has 0 fully saturated rings. The van der Waals surface area contributed by atoms with Crippen LogP contribution in [0.1, 0.15) is 33.9 Å². The third kappa shape index (κ3) is 1.88. The van der Waals surface area contributed by atoms with Gasteiger partial charge < -0.3 is 5.32 Å². The van der Waals surface area contributed by atoms with Crippen LogP contribution in [0.4, 0.5) is 5.69 Å². The third-order valence-electron chi connectivity index (χ3n) is 3.18. The average molecular weight is 242 g/mol. The maximum atomic E-state index is 12.1. The lowest BCUT2D eigenvalue weighted by molar-refractivity contribution is 0.102. The van der Waals surface area contributed by atoms with Crippen LogP contribution in [0.15, 0.2) is 18.3 Å². The van der Waals surface area contributed by atoms with Gasteiger partial charge in [0.2, 0.25) is 0 Å². The average Bonchev–Trinajstić information content (AvgIpc) is 2.89. The SMILES string of the molecule is Cc1cc(NC(=O)c2n[nH]c3c2CCC3)ccn1. The lowest BCUT2D eigenvalue weighted by Gasteiger charge is -2.04. The van der Waals surface area contributed by atoms with E-state index in [1.165, 1.54) is 0 Å². The van der Waals surface area contributed by atoms with E-state index in [4.69, 9.17) is 0 Å². The van der Waals surface area contributed by atoms with Crippen molar-refractivity contribution in [3.63, 3.8) is 0 Å². The van der Waals surface area contributed by atoms with Crippen LogP contribution in [-0.2, 0) is 12.8 Å². The second kappa shape index (κ2) is 4.25. The van der Waals surface area contributed by atoms with Gasteiger partial charge in [0.05, 0.1) is 0 Å². The third-order valence-corrected chi connectivity index (χ3v) is 3.18. The standard InChI is InChI=1S/C13H14N4O/c1-8-7-9(5-6-14-8)15-13(18)12-10-3-2-4-11(10)16-17-12/h5-7H,2-4H2,1H3,(H,16,17)(H,14,15,18). The number of aryl methyl sites for hydroxylation is 2. The predicted octanol–water partition coefficient (Wildman–Crippen LogP) is 1.85. The van der Waals surface area contributed by atoms with E-state index in [-0.39, 0.29) is 5.91 Å². The summed E-state index contributed by atoms with van der Waals surface area (Å²) in [5.74, 6) is -0.153. The van der Waals surface area contributed by atoms with Gasteiger partial charge in [0, 0.05) is 28.8 Å². The van der Waals surface area contributed by atoms with Crippen LogP contribution in [0, 0.1) is 6.92 Å². The summed E-state index contributed by atoms with van der Waals surface area (Å²) < 4.78 is 0. The molecule has 2 heterocycles. The maximum absolute atomic E-state index is 12.1. The Morgan fingerprint density at radius 3 is 3.17 bits per heavy atom. The molecular weight excluding hydrogens is 228 g/mol. The summed E-state index contributed by atoms with van der Waals surface area (Å²) in [7, 11) is 0. The highest BCUT2D eigenvalue weighted by Crippen LogP contribution is 2.23. The maximum Gasteiger partial charge on any atom is 0.276 e. The minimum Gasteiger partial charge on any atom is -0.320 e. The Morgan fingerprint density at radius 2 is 2.33 bits per heavy atom. The van der Waals surface area contributed by atoms with Gasteiger partial charge in [-0.3, -0.25) is 14.9 Å². The molecule has 2 N–H and O–H groups in total. The van der Waals surface area contributed by atoms with Gasteiger partial charge in [-0.25, -0.2) is 0 Å². The summed E-state index contributed by atoms with van der Waals surface area (Å²) in [6.45, 7) is 1.89. The number of aromatic nitrogens is 3. The molecule has 0 spiro atoms. The number of nitrogens with one attached hydrogen (secondary N) is 2. The van der Waals surface area contributed by atoms with Gasteiger partial charge in [0.1, 0.15) is 0 Å². The molecular formula is C13H14N4O. The van der Waals surface area contributed by atoms with Crippen LogP contribution in [-0.4, -0.2) is 21.1 Å². The second-order valence-electron chi connectivity index (χ2n) is 4.52. The monoisotopic (exact) mass is 242 g/mol. The highest BCUT2D eigenvalue weighted by atomic mass is 16.1. The molecule has 0 bridgehead atoms. The van der Waals surface area contributed by atoms with E-state index >= 15 is 0 Å². The number of anilines is 1. The van der Waals surface area contributed by atoms with E-state index in [1.807, 2.05) is 13.0 Å². The van der Waals surface area contributed by atoms with Crippen molar-refractivity contribution in [1.29, 1.82) is 0 Å². The topological polar surface area (TPSA) is 70.7 Å². The molecule has 1 amide bonds. The van der Waals surface area contributed by atoms with Crippen LogP contribution in [0.5, 0.6) is 0 Å². The first-order chi connectivity index (χ1) is 8.74. The molecule has 0 saturated heterocycles. The summed E-state index contributed by atoms with van der Waals surface area (Å²) in [4.78, 5) is 16.2. The Hall–Kier alpha value is -2.17. The van der Waals surface area contributed by atoms with Crippen LogP contribution < -0.4 is 5.32 Å². The van der Waals surface area contributed by atoms with Crippen LogP contribution in [0.2, 0.25) is 0 Å². The highest BCUT2D eigenvalue weighted by molar-refractivity contribution is 6.04. The van der Waals surface area contributed by atoms with Crippen molar-refractivity contribution in [2.75, 3.05) is 5.32 Å². The van der Waals surface area contributed by atoms with Gasteiger partial charge in [-0.2, -0.15) is 5.10 Å². The smallest absolute Gasteiger partial charge is 0.276 e. The minimum absolute atomic E-state index is 0.153. The fourth-order valence-electron chi connectivity index (χ4n) is 2.32. The van der Waals surface area contributed by atoms with Crippen molar-refractivity contribution in [3.8, 4) is 0 Å². The fourth-order valence-corrected chi connectivity index (χ4v) is 2.32. The molecule has 0 radical (unpaired) electrons. The van der Waals surface area contributed by atoms with Gasteiger partial charge in [-0.15, -0.1) is 0 Å². The van der Waals surface area contributed by atoms with Crippen LogP contribution in [0.3, 0.4) is 0 Å². The molecule has 0 saturated carbocycles. The summed E-state index contributed by atoms with van der Waals surface area (Å²) in [5.41, 5.74) is 4.32. The first-order valence-electron chi connectivity index (χ1n) is 6.04. The zero-order chi connectivity index (χ0) is 12.5. The molecule has 3 rings (SSSR count). The Labute approximate surface area is 105 Å². The van der Waals surface area contributed by atoms with Crippen LogP contribution in [0.25, 0.3) is 0 Å². The Bertz CT molecular complexity index is 603. The number of hydrogen-bond acceptors (Lipinski definition) is 3. The van der Waals surface area contributed by atoms with Crippen molar-refractivity contribution >= 4 is 11.6 Å². The number of fused-ring (bicyclic) bond motifs is 1. The molecule has 0 atom stereocenters. The molecule has 2 aromatic rings. The van der Waals surface area contributed by atoms with Crippen molar-refractivity contribution in [2.24, 2.45) is 0 Å². The number of H-pyrrole nitrogens is 1. The summed E-state index contributed by atoms with van der Waals surface area (Å²) in [5, 5.41) is 9.90. The van der Waals surface area contributed by atoms with E-state index in [0.29, 0.717) is 5.69 Å². The number of pyridine rings is 1. The Morgan fingerprint density at radius 1 is 1.44 bits per heavy atom. The molecule has 92 valence electrons. The summed E-state index contributed by atoms with van der Waals surface area (Å²) in [6, 6.07) is 3.61. The number of aromatic amines is 1. The van der Waals surface area contributed by atoms with Crippen LogP contribution >= 0.6 is 0 Å². The lowest BCUT2D eigenvalue weighted by Crippen LogP contribution is -2.14. The summed E-state index contributed by atoms with van der Waals surface area (Å²) in [6.07, 6.45) is 4.70. The highest BCUT2D eigenvalue weighted by Gasteiger charge is 2.22. The quantitative estimate of drug-likeness (QED) is 0.844. The molecule has 0 unspecified atom stereocenters. The first kappa shape index (κ1) is 11.0. The largest absolute Gasteiger partial charge is 0.320 e. The van der Waals surface area contributed by atoms with Crippen molar-refractivity contribution in [1.82, 2.24) is 15.2 Å². The van der Waals surface area contributed by atoms with Gasteiger partial charge in [-0.1, -0.05) is 0 Å². The molecule has 0 aromatic carbocycles. The number of carbonyl (C=O) groups excluding carboxylic acids is 1. The zero-order valence-corrected chi connectivity index (χ0v) is 10.2. The molecule has 1 aliphatic rings. The number of amides is 1. The van der Waals surface area contributed by atoms with Gasteiger partial charge >= 0.3 is 0 Å². The van der Waals surface area contributed by atoms with E-state index in [0.717, 1.165) is 41.9 Å². The fraction of sp³-hybridized carbons (Fsp3) is 0.308. The van der Waals surface area contributed by atoms with Crippen molar-refractivity contribution < 1.29 is 4.79 Å². The first-order valence-corrected chi connectivity index (χ1v) is 6.04. The number of rotatable bonds is 2. The van der Waals surface area contributed by atoms with E-state index < -0.39 is 0 Å². The normalized spacial score (nSPS) is 13.4. The molecule has 5 heteroatoms. The Balaban J connectivity index is 1.83. The van der Waals surface area contributed by atoms with Gasteiger partial charge in [0.25, 0.3) is 5.91 Å². The van der Waals surface area contributed by atoms with E-state index in [2.05, 4.69) is 20.5 Å².